The first kappa shape index (κ1) is 15.8. The lowest BCUT2D eigenvalue weighted by molar-refractivity contribution is 0.174. The SMILES string of the molecule is CCCn1c(C)c(C)c2ccnc(NCc3ccc4c(c3)OCO4)c21. The predicted molar refractivity (Wildman–Crippen MR) is 99.4 cm³/mol. The van der Waals surface area contributed by atoms with Crippen molar-refractivity contribution in [1.82, 2.24) is 9.55 Å². The second-order valence-electron chi connectivity index (χ2n) is 6.46. The Labute approximate surface area is 147 Å². The molecular formula is C20H23N3O2. The number of ether oxygens (including phenoxy) is 2. The topological polar surface area (TPSA) is 48.3 Å². The number of hydrogen-bond acceptors (Lipinski definition) is 4. The lowest BCUT2D eigenvalue weighted by Gasteiger charge is -2.12. The molecule has 0 amide bonds. The Kier molecular flexibility index (Phi) is 3.99. The highest BCUT2D eigenvalue weighted by Crippen LogP contribution is 2.33. The predicted octanol–water partition coefficient (Wildman–Crippen LogP) is 4.40. The van der Waals surface area contributed by atoms with E-state index in [0.29, 0.717) is 13.3 Å². The van der Waals surface area contributed by atoms with E-state index in [2.05, 4.69) is 47.8 Å². The third kappa shape index (κ3) is 2.69. The summed E-state index contributed by atoms with van der Waals surface area (Å²) in [4.78, 5) is 4.60. The number of benzene rings is 1. The molecule has 0 spiro atoms. The Hall–Kier alpha value is -2.69. The lowest BCUT2D eigenvalue weighted by atomic mass is 10.2. The van der Waals surface area contributed by atoms with Gasteiger partial charge in [-0.2, -0.15) is 0 Å². The molecule has 5 heteroatoms. The van der Waals surface area contributed by atoms with E-state index in [1.54, 1.807) is 0 Å². The maximum atomic E-state index is 5.46. The molecule has 0 atom stereocenters. The molecule has 3 heterocycles. The highest BCUT2D eigenvalue weighted by atomic mass is 16.7. The molecule has 0 saturated carbocycles. The van der Waals surface area contributed by atoms with Gasteiger partial charge in [-0.25, -0.2) is 4.98 Å². The van der Waals surface area contributed by atoms with Crippen LogP contribution in [0.25, 0.3) is 10.9 Å². The zero-order chi connectivity index (χ0) is 17.4. The summed E-state index contributed by atoms with van der Waals surface area (Å²) >= 11 is 0. The zero-order valence-electron chi connectivity index (χ0n) is 14.9. The second-order valence-corrected chi connectivity index (χ2v) is 6.46. The molecule has 4 rings (SSSR count). The minimum Gasteiger partial charge on any atom is -0.454 e. The molecule has 1 aliphatic rings. The van der Waals surface area contributed by atoms with Crippen LogP contribution in [0.1, 0.15) is 30.2 Å². The maximum Gasteiger partial charge on any atom is 0.231 e. The highest BCUT2D eigenvalue weighted by molar-refractivity contribution is 5.93. The average molecular weight is 337 g/mol. The van der Waals surface area contributed by atoms with Crippen molar-refractivity contribution >= 4 is 16.7 Å². The summed E-state index contributed by atoms with van der Waals surface area (Å²) in [5, 5.41) is 4.78. The summed E-state index contributed by atoms with van der Waals surface area (Å²) in [6.07, 6.45) is 2.98. The van der Waals surface area contributed by atoms with Crippen LogP contribution in [-0.2, 0) is 13.1 Å². The lowest BCUT2D eigenvalue weighted by Crippen LogP contribution is -2.06. The van der Waals surface area contributed by atoms with Crippen LogP contribution >= 0.6 is 0 Å². The van der Waals surface area contributed by atoms with E-state index in [1.165, 1.54) is 22.2 Å². The maximum absolute atomic E-state index is 5.46. The summed E-state index contributed by atoms with van der Waals surface area (Å²) in [6, 6.07) is 8.15. The van der Waals surface area contributed by atoms with Gasteiger partial charge < -0.3 is 19.4 Å². The number of pyridine rings is 1. The van der Waals surface area contributed by atoms with Crippen LogP contribution in [0.15, 0.2) is 30.5 Å². The van der Waals surface area contributed by atoms with Gasteiger partial charge in [0, 0.05) is 30.4 Å². The molecule has 0 radical (unpaired) electrons. The van der Waals surface area contributed by atoms with Crippen LogP contribution in [0.4, 0.5) is 5.82 Å². The molecule has 5 nitrogen and oxygen atoms in total. The molecule has 0 aliphatic carbocycles. The van der Waals surface area contributed by atoms with Crippen LogP contribution in [0, 0.1) is 13.8 Å². The van der Waals surface area contributed by atoms with Gasteiger partial charge in [0.25, 0.3) is 0 Å². The number of aromatic nitrogens is 2. The van der Waals surface area contributed by atoms with Gasteiger partial charge >= 0.3 is 0 Å². The molecule has 3 aromatic rings. The van der Waals surface area contributed by atoms with Crippen LogP contribution < -0.4 is 14.8 Å². The molecule has 0 fully saturated rings. The van der Waals surface area contributed by atoms with Gasteiger partial charge in [0.1, 0.15) is 0 Å². The van der Waals surface area contributed by atoms with Gasteiger partial charge in [0.2, 0.25) is 6.79 Å². The van der Waals surface area contributed by atoms with Crippen LogP contribution in [0.5, 0.6) is 11.5 Å². The molecule has 130 valence electrons. The third-order valence-corrected chi connectivity index (χ3v) is 4.89. The number of rotatable bonds is 5. The fourth-order valence-corrected chi connectivity index (χ4v) is 3.46. The van der Waals surface area contributed by atoms with E-state index in [0.717, 1.165) is 35.8 Å². The fraction of sp³-hybridized carbons (Fsp3) is 0.350. The highest BCUT2D eigenvalue weighted by Gasteiger charge is 2.16. The van der Waals surface area contributed by atoms with E-state index in [9.17, 15) is 0 Å². The van der Waals surface area contributed by atoms with Crippen molar-refractivity contribution in [2.24, 2.45) is 0 Å². The van der Waals surface area contributed by atoms with Gasteiger partial charge in [-0.15, -0.1) is 0 Å². The monoisotopic (exact) mass is 337 g/mol. The van der Waals surface area contributed by atoms with Crippen molar-refractivity contribution in [3.8, 4) is 11.5 Å². The van der Waals surface area contributed by atoms with Crippen LogP contribution in [-0.4, -0.2) is 16.3 Å². The van der Waals surface area contributed by atoms with Crippen molar-refractivity contribution in [2.45, 2.75) is 40.3 Å². The van der Waals surface area contributed by atoms with Gasteiger partial charge in [0.05, 0.1) is 5.52 Å². The molecule has 1 aliphatic heterocycles. The summed E-state index contributed by atoms with van der Waals surface area (Å²) < 4.78 is 13.2. The fourth-order valence-electron chi connectivity index (χ4n) is 3.46. The third-order valence-electron chi connectivity index (χ3n) is 4.89. The van der Waals surface area contributed by atoms with Crippen LogP contribution in [0.3, 0.4) is 0 Å². The minimum atomic E-state index is 0.302. The number of fused-ring (bicyclic) bond motifs is 2. The number of aryl methyl sites for hydroxylation is 2. The Bertz CT molecular complexity index is 930. The quantitative estimate of drug-likeness (QED) is 0.749. The Morgan fingerprint density at radius 2 is 2.00 bits per heavy atom. The van der Waals surface area contributed by atoms with E-state index in [4.69, 9.17) is 9.47 Å². The molecule has 25 heavy (non-hydrogen) atoms. The van der Waals surface area contributed by atoms with Gasteiger partial charge in [-0.1, -0.05) is 13.0 Å². The summed E-state index contributed by atoms with van der Waals surface area (Å²) in [5.74, 6) is 2.55. The number of nitrogens with zero attached hydrogens (tertiary/aromatic N) is 2. The number of nitrogens with one attached hydrogen (secondary N) is 1. The standard InChI is InChI=1S/C20H23N3O2/c1-4-9-23-14(3)13(2)16-7-8-21-20(19(16)23)22-11-15-5-6-17-18(10-15)25-12-24-17/h5-8,10H,4,9,11-12H2,1-3H3,(H,21,22). The molecule has 2 aromatic heterocycles. The van der Waals surface area contributed by atoms with Gasteiger partial charge in [-0.05, 0) is 49.6 Å². The molecule has 0 bridgehead atoms. The minimum absolute atomic E-state index is 0.302. The smallest absolute Gasteiger partial charge is 0.231 e. The summed E-state index contributed by atoms with van der Waals surface area (Å²) in [6.45, 7) is 8.57. The largest absolute Gasteiger partial charge is 0.454 e. The molecule has 1 aromatic carbocycles. The Balaban J connectivity index is 1.66. The second kappa shape index (κ2) is 6.31. The van der Waals surface area contributed by atoms with E-state index in [1.807, 2.05) is 18.3 Å². The van der Waals surface area contributed by atoms with Crippen molar-refractivity contribution in [2.75, 3.05) is 12.1 Å². The van der Waals surface area contributed by atoms with Crippen molar-refractivity contribution in [3.63, 3.8) is 0 Å². The molecule has 1 N–H and O–H groups in total. The molecule has 0 saturated heterocycles. The van der Waals surface area contributed by atoms with Crippen molar-refractivity contribution < 1.29 is 9.47 Å². The first-order valence-corrected chi connectivity index (χ1v) is 8.76. The average Bonchev–Trinajstić information content (AvgIpc) is 3.19. The first-order chi connectivity index (χ1) is 12.2. The van der Waals surface area contributed by atoms with Gasteiger partial charge in [0.15, 0.2) is 17.3 Å². The summed E-state index contributed by atoms with van der Waals surface area (Å²) in [5.41, 5.74) is 4.98. The number of anilines is 1. The molecule has 0 unspecified atom stereocenters. The van der Waals surface area contributed by atoms with E-state index in [-0.39, 0.29) is 0 Å². The van der Waals surface area contributed by atoms with E-state index >= 15 is 0 Å². The van der Waals surface area contributed by atoms with E-state index < -0.39 is 0 Å². The number of hydrogen-bond donors (Lipinski definition) is 1. The zero-order valence-corrected chi connectivity index (χ0v) is 14.9. The Morgan fingerprint density at radius 3 is 2.84 bits per heavy atom. The normalized spacial score (nSPS) is 12.8. The molecular weight excluding hydrogens is 314 g/mol. The first-order valence-electron chi connectivity index (χ1n) is 8.76. The van der Waals surface area contributed by atoms with Crippen molar-refractivity contribution in [3.05, 3.63) is 47.3 Å². The van der Waals surface area contributed by atoms with Crippen molar-refractivity contribution in [1.29, 1.82) is 0 Å². The van der Waals surface area contributed by atoms with Crippen LogP contribution in [0.2, 0.25) is 0 Å². The summed E-state index contributed by atoms with van der Waals surface area (Å²) in [7, 11) is 0. The Morgan fingerprint density at radius 1 is 1.16 bits per heavy atom. The van der Waals surface area contributed by atoms with Gasteiger partial charge in [-0.3, -0.25) is 0 Å².